The molecular formula is C20H22F3N5O4. The van der Waals surface area contributed by atoms with E-state index < -0.39 is 35.9 Å². The Hall–Kier alpha value is -3.25. The van der Waals surface area contributed by atoms with Gasteiger partial charge in [0.25, 0.3) is 12.3 Å². The van der Waals surface area contributed by atoms with Gasteiger partial charge in [-0.15, -0.1) is 0 Å². The minimum absolute atomic E-state index is 0.0122. The number of hydrogen-bond acceptors (Lipinski definition) is 8. The first-order valence-corrected chi connectivity index (χ1v) is 9.53. The lowest BCUT2D eigenvalue weighted by atomic mass is 9.90. The molecule has 1 aliphatic rings. The van der Waals surface area contributed by atoms with Gasteiger partial charge in [-0.3, -0.25) is 9.79 Å². The number of nitrogens with one attached hydrogen (secondary N) is 1. The first-order valence-electron chi connectivity index (χ1n) is 9.53. The zero-order valence-corrected chi connectivity index (χ0v) is 17.4. The number of rotatable bonds is 8. The number of aliphatic imine (C=N–C) groups is 1. The maximum absolute atomic E-state index is 14.5. The van der Waals surface area contributed by atoms with Crippen LogP contribution in [0.25, 0.3) is 0 Å². The molecule has 1 aliphatic heterocycles. The molecule has 3 N–H and O–H groups in total. The Balaban J connectivity index is 1.85. The molecule has 1 aromatic carbocycles. The number of halogens is 3. The van der Waals surface area contributed by atoms with Crippen molar-refractivity contribution in [2.24, 2.45) is 10.7 Å². The molecule has 12 heteroatoms. The number of alkyl halides is 2. The minimum Gasteiger partial charge on any atom is -0.474 e. The quantitative estimate of drug-likeness (QED) is 0.587. The van der Waals surface area contributed by atoms with Crippen molar-refractivity contribution in [2.45, 2.75) is 18.9 Å². The standard InChI is InChI=1S/C20H22F3N5O4/c1-11-17(25-8-16(26-11)32-6-5-30-2)18(29)27-12-3-4-14(21)13(7-12)20(19(22)23)10-31-9-15(24)28-20/h3-4,7-8,19H,5-6,9-10H2,1-2H3,(H2,24,28)(H,27,29)/t20-/m0/s1. The Morgan fingerprint density at radius 1 is 1.38 bits per heavy atom. The van der Waals surface area contributed by atoms with Crippen LogP contribution in [0.1, 0.15) is 21.7 Å². The minimum atomic E-state index is -3.10. The SMILES string of the molecule is COCCOc1cnc(C(=O)Nc2ccc(F)c([C@]3(C(F)F)COCC(N)=N3)c2)c(C)n1. The summed E-state index contributed by atoms with van der Waals surface area (Å²) in [5, 5.41) is 2.51. The Labute approximate surface area is 181 Å². The number of nitrogens with zero attached hydrogens (tertiary/aromatic N) is 3. The van der Waals surface area contributed by atoms with Gasteiger partial charge in [0.1, 0.15) is 30.6 Å². The number of amides is 1. The molecule has 0 radical (unpaired) electrons. The molecule has 172 valence electrons. The van der Waals surface area contributed by atoms with Gasteiger partial charge < -0.3 is 25.3 Å². The van der Waals surface area contributed by atoms with Crippen LogP contribution in [-0.2, 0) is 15.0 Å². The Kier molecular flexibility index (Phi) is 7.26. The van der Waals surface area contributed by atoms with Crippen LogP contribution in [0.4, 0.5) is 18.9 Å². The second kappa shape index (κ2) is 9.92. The summed E-state index contributed by atoms with van der Waals surface area (Å²) in [6.07, 6.45) is -1.82. The summed E-state index contributed by atoms with van der Waals surface area (Å²) in [5.74, 6) is -1.56. The zero-order chi connectivity index (χ0) is 23.3. The van der Waals surface area contributed by atoms with Gasteiger partial charge in [-0.2, -0.15) is 0 Å². The summed E-state index contributed by atoms with van der Waals surface area (Å²) in [6.45, 7) is 1.49. The second-order valence-corrected chi connectivity index (χ2v) is 6.95. The van der Waals surface area contributed by atoms with E-state index in [2.05, 4.69) is 20.3 Å². The monoisotopic (exact) mass is 453 g/mol. The second-order valence-electron chi connectivity index (χ2n) is 6.95. The lowest BCUT2D eigenvalue weighted by molar-refractivity contribution is -0.0145. The molecule has 0 saturated carbocycles. The summed E-state index contributed by atoms with van der Waals surface area (Å²) in [4.78, 5) is 24.6. The van der Waals surface area contributed by atoms with E-state index in [-0.39, 0.29) is 42.0 Å². The van der Waals surface area contributed by atoms with Crippen LogP contribution in [0.15, 0.2) is 29.4 Å². The molecule has 0 fully saturated rings. The normalized spacial score (nSPS) is 18.4. The number of hydrogen-bond donors (Lipinski definition) is 2. The molecule has 3 rings (SSSR count). The van der Waals surface area contributed by atoms with Crippen molar-refractivity contribution in [3.05, 3.63) is 47.2 Å². The number of anilines is 1. The fraction of sp³-hybridized carbons (Fsp3) is 0.400. The van der Waals surface area contributed by atoms with Gasteiger partial charge in [0.15, 0.2) is 5.54 Å². The van der Waals surface area contributed by atoms with Crippen molar-refractivity contribution in [3.63, 3.8) is 0 Å². The highest BCUT2D eigenvalue weighted by atomic mass is 19.3. The predicted molar refractivity (Wildman–Crippen MR) is 109 cm³/mol. The maximum Gasteiger partial charge on any atom is 0.276 e. The number of amidine groups is 1. The van der Waals surface area contributed by atoms with Crippen LogP contribution >= 0.6 is 0 Å². The van der Waals surface area contributed by atoms with Gasteiger partial charge >= 0.3 is 0 Å². The highest BCUT2D eigenvalue weighted by Gasteiger charge is 2.46. The third-order valence-electron chi connectivity index (χ3n) is 4.64. The van der Waals surface area contributed by atoms with Gasteiger partial charge in [-0.25, -0.2) is 23.1 Å². The number of benzene rings is 1. The first-order chi connectivity index (χ1) is 15.3. The molecule has 0 saturated heterocycles. The van der Waals surface area contributed by atoms with Crippen LogP contribution in [0.2, 0.25) is 0 Å². The van der Waals surface area contributed by atoms with E-state index in [0.29, 0.717) is 6.61 Å². The van der Waals surface area contributed by atoms with Crippen molar-refractivity contribution < 1.29 is 32.2 Å². The number of ether oxygens (including phenoxy) is 3. The number of nitrogens with two attached hydrogens (primary N) is 1. The smallest absolute Gasteiger partial charge is 0.276 e. The highest BCUT2D eigenvalue weighted by molar-refractivity contribution is 6.03. The summed E-state index contributed by atoms with van der Waals surface area (Å²) in [6, 6.07) is 3.27. The Morgan fingerprint density at radius 3 is 2.81 bits per heavy atom. The number of aromatic nitrogens is 2. The van der Waals surface area contributed by atoms with Crippen molar-refractivity contribution in [1.82, 2.24) is 9.97 Å². The van der Waals surface area contributed by atoms with Crippen molar-refractivity contribution in [1.29, 1.82) is 0 Å². The van der Waals surface area contributed by atoms with E-state index in [1.165, 1.54) is 19.4 Å². The first kappa shape index (κ1) is 23.4. The molecule has 2 aromatic rings. The number of aryl methyl sites for hydroxylation is 1. The molecule has 0 spiro atoms. The Bertz CT molecular complexity index is 1020. The summed E-state index contributed by atoms with van der Waals surface area (Å²) < 4.78 is 57.7. The fourth-order valence-electron chi connectivity index (χ4n) is 3.11. The van der Waals surface area contributed by atoms with Gasteiger partial charge in [0.05, 0.1) is 25.1 Å². The molecule has 1 aromatic heterocycles. The third kappa shape index (κ3) is 4.97. The maximum atomic E-state index is 14.5. The predicted octanol–water partition coefficient (Wildman–Crippen LogP) is 2.05. The van der Waals surface area contributed by atoms with Gasteiger partial charge in [-0.1, -0.05) is 0 Å². The van der Waals surface area contributed by atoms with Crippen LogP contribution in [0, 0.1) is 12.7 Å². The van der Waals surface area contributed by atoms with Crippen LogP contribution in [0.5, 0.6) is 5.88 Å². The van der Waals surface area contributed by atoms with E-state index in [4.69, 9.17) is 19.9 Å². The van der Waals surface area contributed by atoms with E-state index in [1.807, 2.05) is 0 Å². The van der Waals surface area contributed by atoms with Crippen molar-refractivity contribution in [2.75, 3.05) is 38.9 Å². The zero-order valence-electron chi connectivity index (χ0n) is 17.4. The number of carbonyl (C=O) groups is 1. The van der Waals surface area contributed by atoms with Crippen molar-refractivity contribution in [3.8, 4) is 5.88 Å². The molecule has 9 nitrogen and oxygen atoms in total. The molecule has 2 heterocycles. The summed E-state index contributed by atoms with van der Waals surface area (Å²) >= 11 is 0. The largest absolute Gasteiger partial charge is 0.474 e. The van der Waals surface area contributed by atoms with Gasteiger partial charge in [0, 0.05) is 18.4 Å². The molecule has 1 atom stereocenters. The lowest BCUT2D eigenvalue weighted by Gasteiger charge is -2.33. The van der Waals surface area contributed by atoms with E-state index >= 15 is 0 Å². The van der Waals surface area contributed by atoms with Crippen LogP contribution in [-0.4, -0.2) is 61.7 Å². The summed E-state index contributed by atoms with van der Waals surface area (Å²) in [5.41, 5.74) is 3.13. The average molecular weight is 453 g/mol. The van der Waals surface area contributed by atoms with Crippen LogP contribution in [0.3, 0.4) is 0 Å². The summed E-state index contributed by atoms with van der Waals surface area (Å²) in [7, 11) is 1.53. The van der Waals surface area contributed by atoms with E-state index in [1.54, 1.807) is 6.92 Å². The fourth-order valence-corrected chi connectivity index (χ4v) is 3.11. The molecule has 0 unspecified atom stereocenters. The topological polar surface area (TPSA) is 121 Å². The van der Waals surface area contributed by atoms with Crippen LogP contribution < -0.4 is 15.8 Å². The molecule has 0 bridgehead atoms. The van der Waals surface area contributed by atoms with E-state index in [9.17, 15) is 18.0 Å². The van der Waals surface area contributed by atoms with Crippen molar-refractivity contribution >= 4 is 17.4 Å². The Morgan fingerprint density at radius 2 is 2.16 bits per heavy atom. The highest BCUT2D eigenvalue weighted by Crippen LogP contribution is 2.38. The molecular weight excluding hydrogens is 431 g/mol. The molecule has 1 amide bonds. The van der Waals surface area contributed by atoms with Gasteiger partial charge in [0.2, 0.25) is 5.88 Å². The molecule has 0 aliphatic carbocycles. The van der Waals surface area contributed by atoms with E-state index in [0.717, 1.165) is 12.1 Å². The number of methoxy groups -OCH3 is 1. The van der Waals surface area contributed by atoms with Gasteiger partial charge in [-0.05, 0) is 25.1 Å². The number of carbonyl (C=O) groups excluding carboxylic acids is 1. The average Bonchev–Trinajstić information content (AvgIpc) is 2.75. The molecule has 32 heavy (non-hydrogen) atoms. The third-order valence-corrected chi connectivity index (χ3v) is 4.64. The lowest BCUT2D eigenvalue weighted by Crippen LogP contribution is -2.45.